The first kappa shape index (κ1) is 15.5. The van der Waals surface area contributed by atoms with Crippen LogP contribution in [0.15, 0.2) is 47.4 Å². The van der Waals surface area contributed by atoms with Gasteiger partial charge >= 0.3 is 0 Å². The summed E-state index contributed by atoms with van der Waals surface area (Å²) >= 11 is 0. The summed E-state index contributed by atoms with van der Waals surface area (Å²) in [5.41, 5.74) is 6.35. The summed E-state index contributed by atoms with van der Waals surface area (Å²) in [5.74, 6) is -0.593. The van der Waals surface area contributed by atoms with Crippen molar-refractivity contribution in [1.29, 1.82) is 0 Å². The van der Waals surface area contributed by atoms with Gasteiger partial charge in [-0.2, -0.15) is 0 Å². The molecular weight excluding hydrogens is 291 g/mol. The molecule has 2 aromatic carbocycles. The fraction of sp³-hybridized carbons (Fsp3) is 0.200. The van der Waals surface area contributed by atoms with E-state index in [9.17, 15) is 12.8 Å². The van der Waals surface area contributed by atoms with Crippen LogP contribution in [0.5, 0.6) is 0 Å². The lowest BCUT2D eigenvalue weighted by Gasteiger charge is -2.15. The molecule has 0 amide bonds. The van der Waals surface area contributed by atoms with E-state index in [1.54, 1.807) is 6.92 Å². The van der Waals surface area contributed by atoms with Crippen molar-refractivity contribution in [3.8, 4) is 0 Å². The molecule has 0 aliphatic heterocycles. The number of nitrogen functional groups attached to an aromatic ring is 1. The molecule has 2 rings (SSSR count). The van der Waals surface area contributed by atoms with Crippen molar-refractivity contribution in [1.82, 2.24) is 4.72 Å². The van der Waals surface area contributed by atoms with Crippen molar-refractivity contribution >= 4 is 15.7 Å². The fourth-order valence-electron chi connectivity index (χ4n) is 2.03. The van der Waals surface area contributed by atoms with Gasteiger partial charge in [0.25, 0.3) is 0 Å². The summed E-state index contributed by atoms with van der Waals surface area (Å²) in [4.78, 5) is -0.0401. The second-order valence-corrected chi connectivity index (χ2v) is 6.61. The van der Waals surface area contributed by atoms with Gasteiger partial charge in [-0.25, -0.2) is 17.5 Å². The molecule has 1 atom stereocenters. The highest BCUT2D eigenvalue weighted by atomic mass is 32.2. The van der Waals surface area contributed by atoms with Gasteiger partial charge in [0.15, 0.2) is 0 Å². The lowest BCUT2D eigenvalue weighted by Crippen LogP contribution is -2.27. The van der Waals surface area contributed by atoms with Crippen molar-refractivity contribution < 1.29 is 12.8 Å². The van der Waals surface area contributed by atoms with Gasteiger partial charge in [0.1, 0.15) is 5.82 Å². The van der Waals surface area contributed by atoms with Crippen LogP contribution >= 0.6 is 0 Å². The van der Waals surface area contributed by atoms with E-state index in [1.807, 2.05) is 30.3 Å². The molecule has 3 N–H and O–H groups in total. The summed E-state index contributed by atoms with van der Waals surface area (Å²) in [6.07, 6.45) is 0. The number of nitrogens with two attached hydrogens (primary N) is 1. The van der Waals surface area contributed by atoms with Crippen molar-refractivity contribution in [3.63, 3.8) is 0 Å². The minimum atomic E-state index is -3.77. The van der Waals surface area contributed by atoms with Gasteiger partial charge in [-0.1, -0.05) is 30.3 Å². The summed E-state index contributed by atoms with van der Waals surface area (Å²) in [5, 5.41) is 0. The van der Waals surface area contributed by atoms with Crippen LogP contribution < -0.4 is 10.5 Å². The maximum atomic E-state index is 13.5. The lowest BCUT2D eigenvalue weighted by molar-refractivity contribution is 0.566. The van der Waals surface area contributed by atoms with Crippen LogP contribution in [0.1, 0.15) is 24.1 Å². The monoisotopic (exact) mass is 308 g/mol. The molecule has 0 aromatic heterocycles. The number of rotatable bonds is 4. The van der Waals surface area contributed by atoms with E-state index in [2.05, 4.69) is 4.72 Å². The van der Waals surface area contributed by atoms with Crippen LogP contribution in [0.4, 0.5) is 10.1 Å². The smallest absolute Gasteiger partial charge is 0.241 e. The summed E-state index contributed by atoms with van der Waals surface area (Å²) in [6.45, 7) is 3.22. The zero-order valence-corrected chi connectivity index (χ0v) is 12.6. The minimum absolute atomic E-state index is 0.0401. The van der Waals surface area contributed by atoms with Crippen LogP contribution in [0, 0.1) is 12.7 Å². The zero-order chi connectivity index (χ0) is 15.6. The summed E-state index contributed by atoms with van der Waals surface area (Å²) in [6, 6.07) is 11.2. The quantitative estimate of drug-likeness (QED) is 0.853. The zero-order valence-electron chi connectivity index (χ0n) is 11.8. The standard InChI is InChI=1S/C15H17FN2O2S/c1-10-8-13(9-14(17)15(10)16)21(19,20)18-11(2)12-6-4-3-5-7-12/h3-9,11,18H,17H2,1-2H3/t11-/m0/s1. The average molecular weight is 308 g/mol. The third-order valence-corrected chi connectivity index (χ3v) is 4.72. The van der Waals surface area contributed by atoms with Crippen molar-refractivity contribution in [2.24, 2.45) is 0 Å². The minimum Gasteiger partial charge on any atom is -0.396 e. The highest BCUT2D eigenvalue weighted by Crippen LogP contribution is 2.22. The molecule has 0 saturated carbocycles. The Morgan fingerprint density at radius 2 is 1.81 bits per heavy atom. The van der Waals surface area contributed by atoms with E-state index in [4.69, 9.17) is 5.73 Å². The molecule has 0 saturated heterocycles. The first-order valence-corrected chi connectivity index (χ1v) is 7.92. The lowest BCUT2D eigenvalue weighted by atomic mass is 10.1. The predicted molar refractivity (Wildman–Crippen MR) is 80.7 cm³/mol. The van der Waals surface area contributed by atoms with E-state index in [-0.39, 0.29) is 16.1 Å². The summed E-state index contributed by atoms with van der Waals surface area (Å²) in [7, 11) is -3.77. The number of aryl methyl sites for hydroxylation is 1. The van der Waals surface area contributed by atoms with Crippen LogP contribution in [-0.2, 0) is 10.0 Å². The van der Waals surface area contributed by atoms with E-state index in [0.29, 0.717) is 0 Å². The Morgan fingerprint density at radius 1 is 1.19 bits per heavy atom. The molecule has 0 aliphatic rings. The SMILES string of the molecule is Cc1cc(S(=O)(=O)N[C@@H](C)c2ccccc2)cc(N)c1F. The Hall–Kier alpha value is -1.92. The van der Waals surface area contributed by atoms with E-state index in [0.717, 1.165) is 11.6 Å². The number of halogens is 1. The molecule has 0 bridgehead atoms. The number of sulfonamides is 1. The Bertz CT molecular complexity index is 723. The van der Waals surface area contributed by atoms with Crippen LogP contribution in [-0.4, -0.2) is 8.42 Å². The van der Waals surface area contributed by atoms with Gasteiger partial charge in [-0.05, 0) is 37.1 Å². The molecule has 0 spiro atoms. The second kappa shape index (κ2) is 5.83. The fourth-order valence-corrected chi connectivity index (χ4v) is 3.38. The molecule has 0 unspecified atom stereocenters. The molecule has 0 heterocycles. The Morgan fingerprint density at radius 3 is 2.38 bits per heavy atom. The van der Waals surface area contributed by atoms with Gasteiger partial charge in [-0.15, -0.1) is 0 Å². The number of benzene rings is 2. The van der Waals surface area contributed by atoms with Crippen LogP contribution in [0.2, 0.25) is 0 Å². The first-order chi connectivity index (χ1) is 9.81. The summed E-state index contributed by atoms with van der Waals surface area (Å²) < 4.78 is 40.7. The molecule has 0 aliphatic carbocycles. The van der Waals surface area contributed by atoms with E-state index >= 15 is 0 Å². The predicted octanol–water partition coefficient (Wildman–Crippen LogP) is 2.76. The molecule has 0 fully saturated rings. The third kappa shape index (κ3) is 3.40. The van der Waals surface area contributed by atoms with Crippen molar-refractivity contribution in [3.05, 3.63) is 59.4 Å². The van der Waals surface area contributed by atoms with Gasteiger partial charge in [0, 0.05) is 6.04 Å². The molecule has 4 nitrogen and oxygen atoms in total. The van der Waals surface area contributed by atoms with Gasteiger partial charge < -0.3 is 5.73 Å². The maximum absolute atomic E-state index is 13.5. The van der Waals surface area contributed by atoms with Crippen LogP contribution in [0.3, 0.4) is 0 Å². The number of hydrogen-bond acceptors (Lipinski definition) is 3. The first-order valence-electron chi connectivity index (χ1n) is 6.44. The number of hydrogen-bond donors (Lipinski definition) is 2. The molecular formula is C15H17FN2O2S. The topological polar surface area (TPSA) is 72.2 Å². The molecule has 21 heavy (non-hydrogen) atoms. The van der Waals surface area contributed by atoms with Gasteiger partial charge in [0.2, 0.25) is 10.0 Å². The number of nitrogens with one attached hydrogen (secondary N) is 1. The van der Waals surface area contributed by atoms with Crippen molar-refractivity contribution in [2.75, 3.05) is 5.73 Å². The van der Waals surface area contributed by atoms with Crippen molar-refractivity contribution in [2.45, 2.75) is 24.8 Å². The maximum Gasteiger partial charge on any atom is 0.241 e. The van der Waals surface area contributed by atoms with Gasteiger partial charge in [-0.3, -0.25) is 0 Å². The van der Waals surface area contributed by atoms with E-state index in [1.165, 1.54) is 13.0 Å². The third-order valence-electron chi connectivity index (χ3n) is 3.20. The largest absolute Gasteiger partial charge is 0.396 e. The Balaban J connectivity index is 2.31. The average Bonchev–Trinajstić information content (AvgIpc) is 2.44. The van der Waals surface area contributed by atoms with Gasteiger partial charge in [0.05, 0.1) is 10.6 Å². The molecule has 2 aromatic rings. The normalized spacial score (nSPS) is 13.1. The second-order valence-electron chi connectivity index (χ2n) is 4.90. The van der Waals surface area contributed by atoms with E-state index < -0.39 is 21.9 Å². The molecule has 6 heteroatoms. The molecule has 112 valence electrons. The Kier molecular flexibility index (Phi) is 4.29. The number of anilines is 1. The highest BCUT2D eigenvalue weighted by molar-refractivity contribution is 7.89. The van der Waals surface area contributed by atoms with Crippen LogP contribution in [0.25, 0.3) is 0 Å². The highest BCUT2D eigenvalue weighted by Gasteiger charge is 2.20. The molecule has 0 radical (unpaired) electrons. The Labute approximate surface area is 123 Å².